The first kappa shape index (κ1) is 14.2. The van der Waals surface area contributed by atoms with Crippen molar-refractivity contribution in [3.05, 3.63) is 0 Å². The van der Waals surface area contributed by atoms with E-state index in [4.69, 9.17) is 5.11 Å². The molecule has 2 aliphatic heterocycles. The van der Waals surface area contributed by atoms with Gasteiger partial charge in [-0.15, -0.1) is 0 Å². The highest BCUT2D eigenvalue weighted by Crippen LogP contribution is 2.25. The molecule has 0 spiro atoms. The summed E-state index contributed by atoms with van der Waals surface area (Å²) >= 11 is 0. The minimum atomic E-state index is -0.780. The molecule has 2 saturated heterocycles. The highest BCUT2D eigenvalue weighted by molar-refractivity contribution is 5.76. The maximum Gasteiger partial charge on any atom is 0.320 e. The molecule has 2 unspecified atom stereocenters. The van der Waals surface area contributed by atoms with E-state index in [0.717, 1.165) is 25.9 Å². The van der Waals surface area contributed by atoms with E-state index < -0.39 is 5.97 Å². The second kappa shape index (κ2) is 5.80. The van der Waals surface area contributed by atoms with Gasteiger partial charge >= 0.3 is 12.0 Å². The summed E-state index contributed by atoms with van der Waals surface area (Å²) in [4.78, 5) is 27.1. The van der Waals surface area contributed by atoms with Crippen molar-refractivity contribution in [3.63, 3.8) is 0 Å². The third-order valence-electron chi connectivity index (χ3n) is 4.65. The molecule has 0 aromatic heterocycles. The molecule has 0 bridgehead atoms. The Hall–Kier alpha value is -1.26. The molecule has 0 aromatic rings. The van der Waals surface area contributed by atoms with Crippen molar-refractivity contribution < 1.29 is 14.7 Å². The lowest BCUT2D eigenvalue weighted by Crippen LogP contribution is -2.52. The lowest BCUT2D eigenvalue weighted by molar-refractivity contribution is -0.143. The molecular weight excluding hydrogens is 244 g/mol. The van der Waals surface area contributed by atoms with Crippen LogP contribution in [0.4, 0.5) is 4.79 Å². The van der Waals surface area contributed by atoms with Gasteiger partial charge in [0.15, 0.2) is 0 Å². The number of nitrogens with zero attached hydrogens (tertiary/aromatic N) is 2. The van der Waals surface area contributed by atoms with Gasteiger partial charge in [-0.05, 0) is 31.1 Å². The van der Waals surface area contributed by atoms with E-state index in [1.54, 1.807) is 4.90 Å². The van der Waals surface area contributed by atoms with Crippen molar-refractivity contribution in [1.82, 2.24) is 9.80 Å². The maximum atomic E-state index is 12.4. The van der Waals surface area contributed by atoms with Crippen LogP contribution in [-0.2, 0) is 4.79 Å². The Morgan fingerprint density at radius 3 is 2.32 bits per heavy atom. The van der Waals surface area contributed by atoms with Crippen molar-refractivity contribution in [3.8, 4) is 0 Å². The molecule has 2 fully saturated rings. The first-order valence-corrected chi connectivity index (χ1v) is 7.25. The van der Waals surface area contributed by atoms with Gasteiger partial charge in [0.1, 0.15) is 0 Å². The number of hydrogen-bond acceptors (Lipinski definition) is 2. The number of piperidine rings is 2. The minimum Gasteiger partial charge on any atom is -0.481 e. The van der Waals surface area contributed by atoms with Crippen LogP contribution in [0.5, 0.6) is 0 Å². The van der Waals surface area contributed by atoms with Crippen molar-refractivity contribution in [1.29, 1.82) is 0 Å². The largest absolute Gasteiger partial charge is 0.481 e. The van der Waals surface area contributed by atoms with Crippen LogP contribution >= 0.6 is 0 Å². The summed E-state index contributed by atoms with van der Waals surface area (Å²) in [5.74, 6) is 0.0203. The lowest BCUT2D eigenvalue weighted by Gasteiger charge is -2.40. The summed E-state index contributed by atoms with van der Waals surface area (Å²) in [7, 11) is 0. The minimum absolute atomic E-state index is 0.0321. The van der Waals surface area contributed by atoms with Crippen LogP contribution in [0.1, 0.15) is 33.1 Å². The quantitative estimate of drug-likeness (QED) is 0.790. The van der Waals surface area contributed by atoms with Gasteiger partial charge < -0.3 is 14.9 Å². The first-order valence-electron chi connectivity index (χ1n) is 7.25. The second-order valence-electron chi connectivity index (χ2n) is 6.10. The molecule has 5 nitrogen and oxygen atoms in total. The Morgan fingerprint density at radius 2 is 1.68 bits per heavy atom. The summed E-state index contributed by atoms with van der Waals surface area (Å²) in [5, 5.41) is 9.07. The number of carbonyl (C=O) groups is 2. The molecule has 2 amide bonds. The number of urea groups is 1. The molecule has 2 aliphatic rings. The molecule has 108 valence electrons. The molecular formula is C14H24N2O3. The Kier molecular flexibility index (Phi) is 4.32. The number of carboxylic acid groups (broad SMARTS) is 1. The number of hydrogen-bond donors (Lipinski definition) is 1. The predicted molar refractivity (Wildman–Crippen MR) is 71.8 cm³/mol. The van der Waals surface area contributed by atoms with E-state index in [1.165, 1.54) is 0 Å². The lowest BCUT2D eigenvalue weighted by atomic mass is 9.89. The fourth-order valence-corrected chi connectivity index (χ4v) is 2.99. The third-order valence-corrected chi connectivity index (χ3v) is 4.65. The summed E-state index contributed by atoms with van der Waals surface area (Å²) < 4.78 is 0. The van der Waals surface area contributed by atoms with E-state index in [1.807, 2.05) is 4.90 Å². The summed E-state index contributed by atoms with van der Waals surface area (Å²) in [6, 6.07) is 0.0321. The summed E-state index contributed by atoms with van der Waals surface area (Å²) in [5.41, 5.74) is 0. The van der Waals surface area contributed by atoms with E-state index in [2.05, 4.69) is 13.8 Å². The summed E-state index contributed by atoms with van der Waals surface area (Å²) in [6.07, 6.45) is 2.53. The van der Waals surface area contributed by atoms with Gasteiger partial charge in [-0.1, -0.05) is 13.8 Å². The second-order valence-corrected chi connectivity index (χ2v) is 6.10. The van der Waals surface area contributed by atoms with Crippen LogP contribution in [0.15, 0.2) is 0 Å². The number of rotatable bonds is 1. The zero-order valence-electron chi connectivity index (χ0n) is 11.8. The Balaban J connectivity index is 1.94. The molecule has 0 aliphatic carbocycles. The first-order chi connectivity index (χ1) is 8.99. The Bertz CT molecular complexity index is 359. The number of aliphatic carboxylic acids is 1. The molecule has 3 atom stereocenters. The molecule has 0 aromatic carbocycles. The monoisotopic (exact) mass is 268 g/mol. The molecule has 2 heterocycles. The molecule has 19 heavy (non-hydrogen) atoms. The third kappa shape index (κ3) is 3.19. The maximum absolute atomic E-state index is 12.4. The number of likely N-dealkylation sites (tertiary alicyclic amines) is 2. The molecule has 2 rings (SSSR count). The van der Waals surface area contributed by atoms with Crippen molar-refractivity contribution >= 4 is 12.0 Å². The highest BCUT2D eigenvalue weighted by Gasteiger charge is 2.33. The van der Waals surface area contributed by atoms with Gasteiger partial charge in [0.2, 0.25) is 0 Å². The van der Waals surface area contributed by atoms with Crippen LogP contribution in [0.25, 0.3) is 0 Å². The fraction of sp³-hybridized carbons (Fsp3) is 0.857. The Morgan fingerprint density at radius 1 is 1.00 bits per heavy atom. The van der Waals surface area contributed by atoms with Crippen molar-refractivity contribution in [2.75, 3.05) is 26.2 Å². The zero-order valence-corrected chi connectivity index (χ0v) is 11.8. The molecule has 5 heteroatoms. The van der Waals surface area contributed by atoms with E-state index >= 15 is 0 Å². The fourth-order valence-electron chi connectivity index (χ4n) is 2.99. The molecule has 0 radical (unpaired) electrons. The zero-order chi connectivity index (χ0) is 14.0. The summed E-state index contributed by atoms with van der Waals surface area (Å²) in [6.45, 7) is 7.08. The van der Waals surface area contributed by atoms with Gasteiger partial charge in [-0.2, -0.15) is 0 Å². The van der Waals surface area contributed by atoms with Crippen molar-refractivity contribution in [2.45, 2.75) is 33.1 Å². The highest BCUT2D eigenvalue weighted by atomic mass is 16.4. The average Bonchev–Trinajstić information content (AvgIpc) is 2.41. The van der Waals surface area contributed by atoms with Gasteiger partial charge in [0, 0.05) is 26.2 Å². The standard InChI is InChI=1S/C14H24N2O3/c1-10-5-7-16(8-11(10)2)14(19)15-6-3-4-12(9-15)13(17)18/h10-12H,3-9H2,1-2H3,(H,17,18)/t10?,11?,12-/m1/s1. The van der Waals surface area contributed by atoms with Crippen LogP contribution in [0.3, 0.4) is 0 Å². The average molecular weight is 268 g/mol. The predicted octanol–water partition coefficient (Wildman–Crippen LogP) is 1.88. The van der Waals surface area contributed by atoms with Crippen LogP contribution in [-0.4, -0.2) is 53.1 Å². The normalized spacial score (nSPS) is 32.2. The van der Waals surface area contributed by atoms with Gasteiger partial charge in [-0.25, -0.2) is 4.79 Å². The number of carboxylic acids is 1. The number of amides is 2. The van der Waals surface area contributed by atoms with Gasteiger partial charge in [0.05, 0.1) is 5.92 Å². The SMILES string of the molecule is CC1CCN(C(=O)N2CCC[C@@H](C(=O)O)C2)CC1C. The topological polar surface area (TPSA) is 60.9 Å². The van der Waals surface area contributed by atoms with Gasteiger partial charge in [0.25, 0.3) is 0 Å². The Labute approximate surface area is 114 Å². The van der Waals surface area contributed by atoms with Crippen LogP contribution in [0, 0.1) is 17.8 Å². The van der Waals surface area contributed by atoms with E-state index in [0.29, 0.717) is 31.3 Å². The van der Waals surface area contributed by atoms with Gasteiger partial charge in [-0.3, -0.25) is 4.79 Å². The van der Waals surface area contributed by atoms with E-state index in [9.17, 15) is 9.59 Å². The van der Waals surface area contributed by atoms with Crippen LogP contribution in [0.2, 0.25) is 0 Å². The number of carbonyl (C=O) groups excluding carboxylic acids is 1. The molecule has 1 N–H and O–H groups in total. The van der Waals surface area contributed by atoms with E-state index in [-0.39, 0.29) is 11.9 Å². The van der Waals surface area contributed by atoms with Crippen LogP contribution < -0.4 is 0 Å². The molecule has 0 saturated carbocycles. The smallest absolute Gasteiger partial charge is 0.320 e. The van der Waals surface area contributed by atoms with Crippen molar-refractivity contribution in [2.24, 2.45) is 17.8 Å².